The van der Waals surface area contributed by atoms with Crippen molar-refractivity contribution in [2.75, 3.05) is 18.1 Å². The predicted octanol–water partition coefficient (Wildman–Crippen LogP) is 4.88. The highest BCUT2D eigenvalue weighted by atomic mass is 32.1. The lowest BCUT2D eigenvalue weighted by Crippen LogP contribution is -2.29. The van der Waals surface area contributed by atoms with Crippen LogP contribution in [0, 0.1) is 6.92 Å². The van der Waals surface area contributed by atoms with Crippen molar-refractivity contribution in [2.45, 2.75) is 19.9 Å². The summed E-state index contributed by atoms with van der Waals surface area (Å²) in [6.07, 6.45) is 1.62. The maximum absolute atomic E-state index is 13.2. The number of aromatic nitrogens is 1. The number of carbonyl (C=O) groups is 3. The van der Waals surface area contributed by atoms with Gasteiger partial charge in [-0.2, -0.15) is 0 Å². The number of amides is 1. The van der Waals surface area contributed by atoms with Gasteiger partial charge in [-0.15, -0.1) is 11.3 Å². The van der Waals surface area contributed by atoms with Gasteiger partial charge in [0.05, 0.1) is 17.9 Å². The Morgan fingerprint density at radius 1 is 1.26 bits per heavy atom. The Hall–Kier alpha value is -3.76. The third-order valence-corrected chi connectivity index (χ3v) is 7.27. The van der Waals surface area contributed by atoms with E-state index in [0.29, 0.717) is 28.5 Å². The maximum atomic E-state index is 13.2. The Morgan fingerprint density at radius 2 is 2.00 bits per heavy atom. The Labute approximate surface area is 209 Å². The molecule has 1 N–H and O–H groups in total. The number of aryl methyl sites for hydroxylation is 1. The summed E-state index contributed by atoms with van der Waals surface area (Å²) in [5.41, 5.74) is 0.700. The normalized spacial score (nSPS) is 17.0. The summed E-state index contributed by atoms with van der Waals surface area (Å²) in [6.45, 7) is 7.47. The van der Waals surface area contributed by atoms with Crippen LogP contribution in [0.4, 0.5) is 5.13 Å². The first-order valence-corrected chi connectivity index (χ1v) is 12.4. The van der Waals surface area contributed by atoms with Gasteiger partial charge in [0.2, 0.25) is 0 Å². The SMILES string of the molecule is C=CCOc1ccc(C(O)=C2C(=O)C(=O)N(c3nc(C)c(C(=O)OCC)s3)[C@@H]2c2cccs2)cc1. The summed E-state index contributed by atoms with van der Waals surface area (Å²) in [4.78, 5) is 45.3. The van der Waals surface area contributed by atoms with E-state index in [2.05, 4.69) is 11.6 Å². The average Bonchev–Trinajstić information content (AvgIpc) is 3.57. The van der Waals surface area contributed by atoms with E-state index in [1.165, 1.54) is 16.2 Å². The number of esters is 1. The Bertz CT molecular complexity index is 1310. The van der Waals surface area contributed by atoms with Gasteiger partial charge in [0.1, 0.15) is 29.0 Å². The molecule has 1 aliphatic heterocycles. The van der Waals surface area contributed by atoms with E-state index in [-0.39, 0.29) is 27.9 Å². The molecule has 3 aromatic rings. The molecule has 0 spiro atoms. The molecule has 1 saturated heterocycles. The minimum absolute atomic E-state index is 0.0530. The lowest BCUT2D eigenvalue weighted by Gasteiger charge is -2.21. The van der Waals surface area contributed by atoms with E-state index in [9.17, 15) is 19.5 Å². The second kappa shape index (κ2) is 10.2. The van der Waals surface area contributed by atoms with Crippen molar-refractivity contribution in [3.63, 3.8) is 0 Å². The zero-order chi connectivity index (χ0) is 25.1. The second-order valence-corrected chi connectivity index (χ2v) is 9.40. The van der Waals surface area contributed by atoms with Crippen LogP contribution in [0.15, 0.2) is 60.0 Å². The van der Waals surface area contributed by atoms with Crippen LogP contribution in [0.2, 0.25) is 0 Å². The number of aliphatic hydroxyl groups excluding tert-OH is 1. The summed E-state index contributed by atoms with van der Waals surface area (Å²) in [7, 11) is 0. The van der Waals surface area contributed by atoms with E-state index in [1.54, 1.807) is 56.3 Å². The van der Waals surface area contributed by atoms with E-state index in [1.807, 2.05) is 5.38 Å². The quantitative estimate of drug-likeness (QED) is 0.151. The third kappa shape index (κ3) is 4.62. The van der Waals surface area contributed by atoms with Gasteiger partial charge in [-0.25, -0.2) is 9.78 Å². The molecule has 0 bridgehead atoms. The van der Waals surface area contributed by atoms with E-state index >= 15 is 0 Å². The highest BCUT2D eigenvalue weighted by Crippen LogP contribution is 2.45. The number of carbonyl (C=O) groups excluding carboxylic acids is 3. The molecule has 35 heavy (non-hydrogen) atoms. The molecule has 10 heteroatoms. The van der Waals surface area contributed by atoms with Gasteiger partial charge in [0.15, 0.2) is 5.13 Å². The highest BCUT2D eigenvalue weighted by Gasteiger charge is 2.48. The molecule has 180 valence electrons. The van der Waals surface area contributed by atoms with Crippen molar-refractivity contribution in [2.24, 2.45) is 0 Å². The zero-order valence-electron chi connectivity index (χ0n) is 19.0. The van der Waals surface area contributed by atoms with Crippen LogP contribution in [0.25, 0.3) is 5.76 Å². The van der Waals surface area contributed by atoms with Crippen molar-refractivity contribution in [3.05, 3.63) is 81.0 Å². The smallest absolute Gasteiger partial charge is 0.350 e. The number of hydrogen-bond acceptors (Lipinski definition) is 9. The number of ketones is 1. The molecule has 8 nitrogen and oxygen atoms in total. The zero-order valence-corrected chi connectivity index (χ0v) is 20.6. The molecule has 1 aliphatic rings. The lowest BCUT2D eigenvalue weighted by atomic mass is 10.00. The van der Waals surface area contributed by atoms with Gasteiger partial charge in [0, 0.05) is 10.4 Å². The fourth-order valence-corrected chi connectivity index (χ4v) is 5.45. The van der Waals surface area contributed by atoms with E-state index < -0.39 is 23.7 Å². The topological polar surface area (TPSA) is 106 Å². The molecule has 3 heterocycles. The summed E-state index contributed by atoms with van der Waals surface area (Å²) < 4.78 is 10.6. The van der Waals surface area contributed by atoms with Gasteiger partial charge in [-0.05, 0) is 49.6 Å². The monoisotopic (exact) mass is 510 g/mol. The Kier molecular flexibility index (Phi) is 7.13. The number of rotatable bonds is 8. The van der Waals surface area contributed by atoms with Crippen LogP contribution in [-0.4, -0.2) is 41.0 Å². The second-order valence-electron chi connectivity index (χ2n) is 7.44. The van der Waals surface area contributed by atoms with Crippen molar-refractivity contribution in [3.8, 4) is 5.75 Å². The molecule has 1 atom stereocenters. The minimum atomic E-state index is -0.896. The van der Waals surface area contributed by atoms with Crippen LogP contribution in [0.1, 0.15) is 38.8 Å². The van der Waals surface area contributed by atoms with Gasteiger partial charge >= 0.3 is 11.9 Å². The van der Waals surface area contributed by atoms with Crippen molar-refractivity contribution in [1.29, 1.82) is 0 Å². The molecular formula is C25H22N2O6S2. The lowest BCUT2D eigenvalue weighted by molar-refractivity contribution is -0.132. The number of Topliss-reactive ketones (excluding diaryl/α,β-unsaturated/α-hetero) is 1. The predicted molar refractivity (Wildman–Crippen MR) is 134 cm³/mol. The van der Waals surface area contributed by atoms with Crippen molar-refractivity contribution < 1.29 is 29.0 Å². The summed E-state index contributed by atoms with van der Waals surface area (Å²) in [6, 6.07) is 9.21. The molecule has 1 amide bonds. The standard InChI is InChI=1S/C25H22N2O6S2/c1-4-12-33-16-10-8-15(9-11-16)20(28)18-19(17-7-6-13-34-17)27(23(30)21(18)29)25-26-14(3)22(35-25)24(31)32-5-2/h4,6-11,13,19,28H,1,5,12H2,2-3H3/t19-/m1/s1. The maximum Gasteiger partial charge on any atom is 0.350 e. The van der Waals surface area contributed by atoms with Gasteiger partial charge < -0.3 is 14.6 Å². The number of anilines is 1. The highest BCUT2D eigenvalue weighted by molar-refractivity contribution is 7.18. The largest absolute Gasteiger partial charge is 0.507 e. The van der Waals surface area contributed by atoms with Crippen LogP contribution >= 0.6 is 22.7 Å². The average molecular weight is 511 g/mol. The number of thiazole rings is 1. The van der Waals surface area contributed by atoms with E-state index in [0.717, 1.165) is 11.3 Å². The number of ether oxygens (including phenoxy) is 2. The van der Waals surface area contributed by atoms with Crippen LogP contribution < -0.4 is 9.64 Å². The first-order chi connectivity index (χ1) is 16.9. The molecular weight excluding hydrogens is 488 g/mol. The summed E-state index contributed by atoms with van der Waals surface area (Å²) in [5.74, 6) is -1.95. The Balaban J connectivity index is 1.80. The molecule has 0 unspecified atom stereocenters. The molecule has 2 aromatic heterocycles. The van der Waals surface area contributed by atoms with Crippen LogP contribution in [0.3, 0.4) is 0 Å². The molecule has 0 saturated carbocycles. The molecule has 0 aliphatic carbocycles. The van der Waals surface area contributed by atoms with Crippen molar-refractivity contribution >= 4 is 51.2 Å². The van der Waals surface area contributed by atoms with Gasteiger partial charge in [-0.3, -0.25) is 14.5 Å². The van der Waals surface area contributed by atoms with Crippen molar-refractivity contribution in [1.82, 2.24) is 4.98 Å². The van der Waals surface area contributed by atoms with Crippen LogP contribution in [0.5, 0.6) is 5.75 Å². The molecule has 0 radical (unpaired) electrons. The van der Waals surface area contributed by atoms with Crippen LogP contribution in [-0.2, 0) is 14.3 Å². The molecule has 4 rings (SSSR count). The van der Waals surface area contributed by atoms with Gasteiger partial charge in [-0.1, -0.05) is 30.1 Å². The number of benzene rings is 1. The summed E-state index contributed by atoms with van der Waals surface area (Å²) in [5, 5.41) is 13.2. The fraction of sp³-hybridized carbons (Fsp3) is 0.200. The first-order valence-electron chi connectivity index (χ1n) is 10.7. The number of hydrogen-bond donors (Lipinski definition) is 1. The fourth-order valence-electron chi connectivity index (χ4n) is 3.64. The first kappa shape index (κ1) is 24.4. The minimum Gasteiger partial charge on any atom is -0.507 e. The Morgan fingerprint density at radius 3 is 2.63 bits per heavy atom. The summed E-state index contributed by atoms with van der Waals surface area (Å²) >= 11 is 2.31. The third-order valence-electron chi connectivity index (χ3n) is 5.20. The number of aliphatic hydroxyl groups is 1. The molecule has 1 fully saturated rings. The molecule has 1 aromatic carbocycles. The number of nitrogens with zero attached hydrogens (tertiary/aromatic N) is 2. The van der Waals surface area contributed by atoms with E-state index in [4.69, 9.17) is 9.47 Å². The van der Waals surface area contributed by atoms with Gasteiger partial charge in [0.25, 0.3) is 5.78 Å². The number of thiophene rings is 1.